The van der Waals surface area contributed by atoms with Crippen molar-refractivity contribution >= 4 is 5.91 Å². The Labute approximate surface area is 119 Å². The van der Waals surface area contributed by atoms with Crippen LogP contribution in [0, 0.1) is 0 Å². The van der Waals surface area contributed by atoms with Gasteiger partial charge in [0.15, 0.2) is 0 Å². The van der Waals surface area contributed by atoms with Crippen LogP contribution in [-0.4, -0.2) is 13.0 Å². The number of ether oxygens (including phenoxy) is 1. The van der Waals surface area contributed by atoms with E-state index in [-0.39, 0.29) is 11.9 Å². The number of hydrogen-bond donors (Lipinski definition) is 1. The fourth-order valence-electron chi connectivity index (χ4n) is 2.18. The minimum atomic E-state index is -0.0210. The van der Waals surface area contributed by atoms with Crippen molar-refractivity contribution in [3.8, 4) is 5.75 Å². The van der Waals surface area contributed by atoms with Gasteiger partial charge in [-0.15, -0.1) is 0 Å². The maximum absolute atomic E-state index is 11.4. The normalized spacial score (nSPS) is 11.7. The van der Waals surface area contributed by atoms with Crippen LogP contribution >= 0.6 is 0 Å². The van der Waals surface area contributed by atoms with Crippen LogP contribution in [0.3, 0.4) is 0 Å². The molecule has 0 saturated carbocycles. The molecule has 2 rings (SSSR count). The second-order valence-corrected chi connectivity index (χ2v) is 4.72. The highest BCUT2D eigenvalue weighted by molar-refractivity contribution is 5.73. The van der Waals surface area contributed by atoms with E-state index < -0.39 is 0 Å². The molecular formula is C17H19NO2. The van der Waals surface area contributed by atoms with E-state index in [2.05, 4.69) is 5.32 Å². The SMILES string of the molecule is COc1ccc(CC(NC(C)=O)c2ccccc2)cc1. The summed E-state index contributed by atoms with van der Waals surface area (Å²) < 4.78 is 5.15. The van der Waals surface area contributed by atoms with E-state index >= 15 is 0 Å². The van der Waals surface area contributed by atoms with Gasteiger partial charge in [-0.25, -0.2) is 0 Å². The van der Waals surface area contributed by atoms with Crippen LogP contribution in [0.25, 0.3) is 0 Å². The van der Waals surface area contributed by atoms with Crippen LogP contribution in [0.15, 0.2) is 54.6 Å². The first-order valence-electron chi connectivity index (χ1n) is 6.64. The smallest absolute Gasteiger partial charge is 0.217 e. The molecule has 3 heteroatoms. The molecular weight excluding hydrogens is 250 g/mol. The van der Waals surface area contributed by atoms with Crippen LogP contribution < -0.4 is 10.1 Å². The van der Waals surface area contributed by atoms with Gasteiger partial charge in [0.2, 0.25) is 5.91 Å². The first-order chi connectivity index (χ1) is 9.69. The van der Waals surface area contributed by atoms with E-state index in [0.717, 1.165) is 23.3 Å². The molecule has 0 bridgehead atoms. The lowest BCUT2D eigenvalue weighted by atomic mass is 9.99. The van der Waals surface area contributed by atoms with E-state index in [1.807, 2.05) is 54.6 Å². The Bertz CT molecular complexity index is 549. The lowest BCUT2D eigenvalue weighted by molar-refractivity contribution is -0.119. The van der Waals surface area contributed by atoms with Crippen LogP contribution in [0.5, 0.6) is 5.75 Å². The van der Waals surface area contributed by atoms with E-state index in [9.17, 15) is 4.79 Å². The third-order valence-electron chi connectivity index (χ3n) is 3.18. The number of nitrogens with one attached hydrogen (secondary N) is 1. The molecule has 0 aliphatic carbocycles. The molecule has 0 spiro atoms. The molecule has 0 fully saturated rings. The van der Waals surface area contributed by atoms with Crippen LogP contribution in [0.2, 0.25) is 0 Å². The molecule has 0 aliphatic rings. The predicted molar refractivity (Wildman–Crippen MR) is 79.7 cm³/mol. The number of carbonyl (C=O) groups is 1. The maximum Gasteiger partial charge on any atom is 0.217 e. The lowest BCUT2D eigenvalue weighted by Gasteiger charge is -2.18. The Hall–Kier alpha value is -2.29. The highest BCUT2D eigenvalue weighted by atomic mass is 16.5. The highest BCUT2D eigenvalue weighted by Gasteiger charge is 2.13. The number of amides is 1. The standard InChI is InChI=1S/C17H19NO2/c1-13(19)18-17(15-6-4-3-5-7-15)12-14-8-10-16(20-2)11-9-14/h3-11,17H,12H2,1-2H3,(H,18,19). The Kier molecular flexibility index (Phi) is 4.77. The van der Waals surface area contributed by atoms with Gasteiger partial charge in [0.1, 0.15) is 5.75 Å². The third-order valence-corrected chi connectivity index (χ3v) is 3.18. The van der Waals surface area contributed by atoms with Gasteiger partial charge in [-0.3, -0.25) is 4.79 Å². The summed E-state index contributed by atoms with van der Waals surface area (Å²) in [6.07, 6.45) is 0.758. The second kappa shape index (κ2) is 6.75. The second-order valence-electron chi connectivity index (χ2n) is 4.72. The Morgan fingerprint density at radius 3 is 2.30 bits per heavy atom. The minimum absolute atomic E-state index is 0.0119. The molecule has 2 aromatic rings. The Balaban J connectivity index is 2.16. The highest BCUT2D eigenvalue weighted by Crippen LogP contribution is 2.20. The van der Waals surface area contributed by atoms with Crippen molar-refractivity contribution < 1.29 is 9.53 Å². The molecule has 0 radical (unpaired) electrons. The summed E-state index contributed by atoms with van der Waals surface area (Å²) in [7, 11) is 1.65. The van der Waals surface area contributed by atoms with Crippen molar-refractivity contribution in [1.82, 2.24) is 5.32 Å². The zero-order valence-electron chi connectivity index (χ0n) is 11.8. The summed E-state index contributed by atoms with van der Waals surface area (Å²) in [5, 5.41) is 3.00. The molecule has 1 N–H and O–H groups in total. The monoisotopic (exact) mass is 269 g/mol. The number of hydrogen-bond acceptors (Lipinski definition) is 2. The lowest BCUT2D eigenvalue weighted by Crippen LogP contribution is -2.27. The number of carbonyl (C=O) groups excluding carboxylic acids is 1. The number of methoxy groups -OCH3 is 1. The molecule has 1 unspecified atom stereocenters. The van der Waals surface area contributed by atoms with Gasteiger partial charge in [0.05, 0.1) is 13.2 Å². The van der Waals surface area contributed by atoms with Crippen molar-refractivity contribution in [2.24, 2.45) is 0 Å². The molecule has 0 aromatic heterocycles. The fraction of sp³-hybridized carbons (Fsp3) is 0.235. The van der Waals surface area contributed by atoms with E-state index in [4.69, 9.17) is 4.74 Å². The zero-order valence-corrected chi connectivity index (χ0v) is 11.8. The molecule has 0 aliphatic heterocycles. The maximum atomic E-state index is 11.4. The van der Waals surface area contributed by atoms with Crippen molar-refractivity contribution in [3.63, 3.8) is 0 Å². The zero-order chi connectivity index (χ0) is 14.4. The summed E-state index contributed by atoms with van der Waals surface area (Å²) in [5.74, 6) is 0.817. The molecule has 20 heavy (non-hydrogen) atoms. The van der Waals surface area contributed by atoms with E-state index in [0.29, 0.717) is 0 Å². The van der Waals surface area contributed by atoms with Crippen molar-refractivity contribution in [3.05, 3.63) is 65.7 Å². The summed E-state index contributed by atoms with van der Waals surface area (Å²) in [6.45, 7) is 1.55. The van der Waals surface area contributed by atoms with Gasteiger partial charge in [-0.05, 0) is 29.7 Å². The number of benzene rings is 2. The first kappa shape index (κ1) is 14.1. The van der Waals surface area contributed by atoms with Crippen molar-refractivity contribution in [2.45, 2.75) is 19.4 Å². The van der Waals surface area contributed by atoms with Crippen LogP contribution in [-0.2, 0) is 11.2 Å². The topological polar surface area (TPSA) is 38.3 Å². The van der Waals surface area contributed by atoms with Crippen LogP contribution in [0.4, 0.5) is 0 Å². The van der Waals surface area contributed by atoms with Crippen molar-refractivity contribution in [1.29, 1.82) is 0 Å². The average Bonchev–Trinajstić information content (AvgIpc) is 2.48. The fourth-order valence-corrected chi connectivity index (χ4v) is 2.18. The van der Waals surface area contributed by atoms with Gasteiger partial charge in [-0.2, -0.15) is 0 Å². The summed E-state index contributed by atoms with van der Waals surface area (Å²) >= 11 is 0. The average molecular weight is 269 g/mol. The predicted octanol–water partition coefficient (Wildman–Crippen LogP) is 3.12. The molecule has 104 valence electrons. The molecule has 0 saturated heterocycles. The van der Waals surface area contributed by atoms with Gasteiger partial charge in [0.25, 0.3) is 0 Å². The molecule has 2 aromatic carbocycles. The summed E-state index contributed by atoms with van der Waals surface area (Å²) in [4.78, 5) is 11.4. The van der Waals surface area contributed by atoms with Gasteiger partial charge in [-0.1, -0.05) is 42.5 Å². The number of rotatable bonds is 5. The summed E-state index contributed by atoms with van der Waals surface area (Å²) in [5.41, 5.74) is 2.27. The molecule has 3 nitrogen and oxygen atoms in total. The van der Waals surface area contributed by atoms with Crippen LogP contribution in [0.1, 0.15) is 24.1 Å². The molecule has 1 amide bonds. The molecule has 0 heterocycles. The largest absolute Gasteiger partial charge is 0.497 e. The van der Waals surface area contributed by atoms with E-state index in [1.54, 1.807) is 14.0 Å². The Morgan fingerprint density at radius 2 is 1.75 bits per heavy atom. The Morgan fingerprint density at radius 1 is 1.10 bits per heavy atom. The van der Waals surface area contributed by atoms with Gasteiger partial charge >= 0.3 is 0 Å². The van der Waals surface area contributed by atoms with Crippen molar-refractivity contribution in [2.75, 3.05) is 7.11 Å². The van der Waals surface area contributed by atoms with Gasteiger partial charge in [0, 0.05) is 6.92 Å². The first-order valence-corrected chi connectivity index (χ1v) is 6.64. The third kappa shape index (κ3) is 3.85. The quantitative estimate of drug-likeness (QED) is 0.905. The summed E-state index contributed by atoms with van der Waals surface area (Å²) in [6, 6.07) is 17.9. The minimum Gasteiger partial charge on any atom is -0.497 e. The van der Waals surface area contributed by atoms with Gasteiger partial charge < -0.3 is 10.1 Å². The molecule has 1 atom stereocenters. The van der Waals surface area contributed by atoms with E-state index in [1.165, 1.54) is 0 Å².